The molecule has 0 aliphatic rings. The lowest BCUT2D eigenvalue weighted by atomic mass is 10.0. The molecule has 0 radical (unpaired) electrons. The molecule has 0 fully saturated rings. The largest absolute Gasteiger partial charge is 0.354 e. The van der Waals surface area contributed by atoms with Gasteiger partial charge in [0, 0.05) is 52.6 Å². The SMILES string of the molecule is CCNc1ncc2cc(-c3ccc(-c4ncccc4C)cc3Cl)c(=O)n(CC)c2n1. The number of halogens is 1. The highest BCUT2D eigenvalue weighted by molar-refractivity contribution is 6.33. The predicted molar refractivity (Wildman–Crippen MR) is 122 cm³/mol. The maximum absolute atomic E-state index is 13.3. The van der Waals surface area contributed by atoms with Crippen LogP contribution in [-0.4, -0.2) is 26.1 Å². The van der Waals surface area contributed by atoms with Gasteiger partial charge in [-0.15, -0.1) is 0 Å². The number of aromatic nitrogens is 4. The van der Waals surface area contributed by atoms with Gasteiger partial charge in [-0.3, -0.25) is 14.3 Å². The predicted octanol–water partition coefficient (Wildman–Crippen LogP) is 4.93. The Kier molecular flexibility index (Phi) is 5.50. The standard InChI is InChI=1S/C23H22ClN5O/c1-4-25-23-27-13-16-11-18(22(30)29(5-2)21(16)28-23)17-9-8-15(12-19(17)24)20-14(3)7-6-10-26-20/h6-13H,4-5H2,1-3H3,(H,25,27,28). The normalized spacial score (nSPS) is 11.1. The highest BCUT2D eigenvalue weighted by Crippen LogP contribution is 2.32. The maximum atomic E-state index is 13.3. The first-order chi connectivity index (χ1) is 14.5. The van der Waals surface area contributed by atoms with Gasteiger partial charge in [0.2, 0.25) is 5.95 Å². The number of aryl methyl sites for hydroxylation is 2. The lowest BCUT2D eigenvalue weighted by molar-refractivity contribution is 0.750. The number of fused-ring (bicyclic) bond motifs is 1. The third-order valence-electron chi connectivity index (χ3n) is 5.02. The van der Waals surface area contributed by atoms with Gasteiger partial charge in [-0.25, -0.2) is 4.98 Å². The summed E-state index contributed by atoms with van der Waals surface area (Å²) in [6, 6.07) is 11.4. The van der Waals surface area contributed by atoms with Crippen molar-refractivity contribution in [2.24, 2.45) is 0 Å². The van der Waals surface area contributed by atoms with E-state index in [2.05, 4.69) is 20.3 Å². The third kappa shape index (κ3) is 3.55. The van der Waals surface area contributed by atoms with Crippen molar-refractivity contribution in [1.82, 2.24) is 19.5 Å². The van der Waals surface area contributed by atoms with E-state index in [0.717, 1.165) is 22.2 Å². The summed E-state index contributed by atoms with van der Waals surface area (Å²) in [5.74, 6) is 0.507. The van der Waals surface area contributed by atoms with Crippen LogP contribution in [0.1, 0.15) is 19.4 Å². The van der Waals surface area contributed by atoms with Gasteiger partial charge in [-0.2, -0.15) is 4.98 Å². The van der Waals surface area contributed by atoms with Crippen molar-refractivity contribution in [3.05, 3.63) is 69.7 Å². The minimum Gasteiger partial charge on any atom is -0.354 e. The van der Waals surface area contributed by atoms with Crippen LogP contribution in [0, 0.1) is 6.92 Å². The Bertz CT molecular complexity index is 1300. The molecule has 0 spiro atoms. The number of nitrogens with zero attached hydrogens (tertiary/aromatic N) is 4. The first kappa shape index (κ1) is 20.0. The molecule has 0 atom stereocenters. The average Bonchev–Trinajstić information content (AvgIpc) is 2.74. The molecule has 3 heterocycles. The van der Waals surface area contributed by atoms with Gasteiger partial charge in [0.1, 0.15) is 5.65 Å². The fourth-order valence-electron chi connectivity index (χ4n) is 3.56. The molecule has 7 heteroatoms. The van der Waals surface area contributed by atoms with E-state index in [1.165, 1.54) is 0 Å². The van der Waals surface area contributed by atoms with Gasteiger partial charge in [0.25, 0.3) is 5.56 Å². The van der Waals surface area contributed by atoms with Gasteiger partial charge in [-0.05, 0) is 44.5 Å². The molecule has 0 saturated carbocycles. The molecule has 0 aliphatic heterocycles. The van der Waals surface area contributed by atoms with Crippen LogP contribution in [0.15, 0.2) is 53.6 Å². The van der Waals surface area contributed by atoms with E-state index in [9.17, 15) is 4.79 Å². The van der Waals surface area contributed by atoms with Gasteiger partial charge < -0.3 is 5.32 Å². The minimum absolute atomic E-state index is 0.130. The minimum atomic E-state index is -0.130. The first-order valence-corrected chi connectivity index (χ1v) is 10.3. The van der Waals surface area contributed by atoms with Crippen LogP contribution < -0.4 is 10.9 Å². The van der Waals surface area contributed by atoms with Gasteiger partial charge in [-0.1, -0.05) is 29.8 Å². The molecule has 30 heavy (non-hydrogen) atoms. The van der Waals surface area contributed by atoms with Crippen LogP contribution >= 0.6 is 11.6 Å². The zero-order chi connectivity index (χ0) is 21.3. The molecule has 0 saturated heterocycles. The molecule has 0 aliphatic carbocycles. The third-order valence-corrected chi connectivity index (χ3v) is 5.33. The molecular weight excluding hydrogens is 398 g/mol. The van der Waals surface area contributed by atoms with Crippen LogP contribution in [0.2, 0.25) is 5.02 Å². The van der Waals surface area contributed by atoms with E-state index in [0.29, 0.717) is 40.8 Å². The molecule has 4 aromatic rings. The summed E-state index contributed by atoms with van der Waals surface area (Å²) >= 11 is 6.63. The summed E-state index contributed by atoms with van der Waals surface area (Å²) in [4.78, 5) is 26.6. The molecule has 0 amide bonds. The number of hydrogen-bond acceptors (Lipinski definition) is 5. The molecule has 1 N–H and O–H groups in total. The summed E-state index contributed by atoms with van der Waals surface area (Å²) in [6.07, 6.45) is 3.49. The van der Waals surface area contributed by atoms with E-state index in [-0.39, 0.29) is 5.56 Å². The summed E-state index contributed by atoms with van der Waals surface area (Å²) in [5, 5.41) is 4.38. The molecule has 0 unspecified atom stereocenters. The van der Waals surface area contributed by atoms with E-state index >= 15 is 0 Å². The molecule has 1 aromatic carbocycles. The molecule has 6 nitrogen and oxygen atoms in total. The Balaban J connectivity index is 1.87. The monoisotopic (exact) mass is 419 g/mol. The summed E-state index contributed by atoms with van der Waals surface area (Å²) in [6.45, 7) is 7.11. The van der Waals surface area contributed by atoms with Crippen molar-refractivity contribution < 1.29 is 0 Å². The summed E-state index contributed by atoms with van der Waals surface area (Å²) in [5.41, 5.74) is 4.53. The number of nitrogens with one attached hydrogen (secondary N) is 1. The Morgan fingerprint density at radius 2 is 1.93 bits per heavy atom. The van der Waals surface area contributed by atoms with E-state index in [1.54, 1.807) is 17.0 Å². The topological polar surface area (TPSA) is 72.7 Å². The van der Waals surface area contributed by atoms with E-state index < -0.39 is 0 Å². The molecule has 0 bridgehead atoms. The average molecular weight is 420 g/mol. The fraction of sp³-hybridized carbons (Fsp3) is 0.217. The van der Waals surface area contributed by atoms with Gasteiger partial charge >= 0.3 is 0 Å². The summed E-state index contributed by atoms with van der Waals surface area (Å²) in [7, 11) is 0. The summed E-state index contributed by atoms with van der Waals surface area (Å²) < 4.78 is 1.65. The first-order valence-electron chi connectivity index (χ1n) is 9.89. The lowest BCUT2D eigenvalue weighted by Gasteiger charge is -2.13. The number of pyridine rings is 2. The van der Waals surface area contributed by atoms with Crippen LogP contribution in [0.25, 0.3) is 33.4 Å². The van der Waals surface area contributed by atoms with Crippen molar-refractivity contribution in [3.63, 3.8) is 0 Å². The second-order valence-corrected chi connectivity index (χ2v) is 7.38. The van der Waals surface area contributed by atoms with Crippen molar-refractivity contribution >= 4 is 28.6 Å². The van der Waals surface area contributed by atoms with Crippen LogP contribution in [0.5, 0.6) is 0 Å². The maximum Gasteiger partial charge on any atom is 0.260 e. The Morgan fingerprint density at radius 3 is 2.63 bits per heavy atom. The quantitative estimate of drug-likeness (QED) is 0.496. The highest BCUT2D eigenvalue weighted by Gasteiger charge is 2.16. The van der Waals surface area contributed by atoms with Crippen molar-refractivity contribution in [2.75, 3.05) is 11.9 Å². The van der Waals surface area contributed by atoms with Gasteiger partial charge in [0.05, 0.1) is 5.69 Å². The Morgan fingerprint density at radius 1 is 1.10 bits per heavy atom. The van der Waals surface area contributed by atoms with E-state index in [1.807, 2.05) is 57.2 Å². The molecule has 4 rings (SSSR count). The Labute approximate surface area is 179 Å². The molecule has 3 aromatic heterocycles. The Hall–Kier alpha value is -3.25. The number of anilines is 1. The molecular formula is C23H22ClN5O. The number of benzene rings is 1. The van der Waals surface area contributed by atoms with Crippen LogP contribution in [0.3, 0.4) is 0 Å². The van der Waals surface area contributed by atoms with Crippen molar-refractivity contribution in [1.29, 1.82) is 0 Å². The second-order valence-electron chi connectivity index (χ2n) is 6.97. The van der Waals surface area contributed by atoms with Crippen LogP contribution in [-0.2, 0) is 6.54 Å². The number of hydrogen-bond donors (Lipinski definition) is 1. The smallest absolute Gasteiger partial charge is 0.260 e. The zero-order valence-electron chi connectivity index (χ0n) is 17.1. The highest BCUT2D eigenvalue weighted by atomic mass is 35.5. The van der Waals surface area contributed by atoms with Crippen LogP contribution in [0.4, 0.5) is 5.95 Å². The second kappa shape index (κ2) is 8.24. The van der Waals surface area contributed by atoms with Crippen molar-refractivity contribution in [2.45, 2.75) is 27.3 Å². The lowest BCUT2D eigenvalue weighted by Crippen LogP contribution is -2.22. The van der Waals surface area contributed by atoms with Gasteiger partial charge in [0.15, 0.2) is 0 Å². The number of rotatable bonds is 5. The van der Waals surface area contributed by atoms with Crippen molar-refractivity contribution in [3.8, 4) is 22.4 Å². The van der Waals surface area contributed by atoms with E-state index in [4.69, 9.17) is 11.6 Å². The molecule has 152 valence electrons. The fourth-order valence-corrected chi connectivity index (χ4v) is 3.84. The zero-order valence-corrected chi connectivity index (χ0v) is 17.9.